The van der Waals surface area contributed by atoms with Gasteiger partial charge in [-0.25, -0.2) is 9.18 Å². The highest BCUT2D eigenvalue weighted by molar-refractivity contribution is 6.30. The van der Waals surface area contributed by atoms with E-state index in [0.717, 1.165) is 16.7 Å². The van der Waals surface area contributed by atoms with E-state index in [9.17, 15) is 19.1 Å². The molecule has 0 saturated carbocycles. The third kappa shape index (κ3) is 5.68. The molecule has 5 aromatic rings. The number of fused-ring (bicyclic) bond motifs is 1. The Morgan fingerprint density at radius 1 is 0.868 bits per heavy atom. The molecule has 38 heavy (non-hydrogen) atoms. The highest BCUT2D eigenvalue weighted by Gasteiger charge is 2.22. The van der Waals surface area contributed by atoms with Gasteiger partial charge < -0.3 is 19.6 Å². The molecule has 0 radical (unpaired) electrons. The molecular weight excluding hydrogens is 509 g/mol. The van der Waals surface area contributed by atoms with Gasteiger partial charge in [-0.05, 0) is 70.8 Å². The summed E-state index contributed by atoms with van der Waals surface area (Å²) in [6.45, 7) is 0.283. The number of rotatable bonds is 8. The third-order valence-electron chi connectivity index (χ3n) is 5.93. The van der Waals surface area contributed by atoms with Crippen LogP contribution in [0.1, 0.15) is 21.7 Å². The lowest BCUT2D eigenvalue weighted by atomic mass is 10.0. The number of carboxylic acids is 1. The first kappa shape index (κ1) is 25.0. The van der Waals surface area contributed by atoms with Crippen molar-refractivity contribution in [1.82, 2.24) is 0 Å². The molecule has 0 aliphatic carbocycles. The quantitative estimate of drug-likeness (QED) is 0.219. The lowest BCUT2D eigenvalue weighted by molar-refractivity contribution is -0.115. The predicted molar refractivity (Wildman–Crippen MR) is 143 cm³/mol. The molecule has 0 aliphatic rings. The average molecular weight is 530 g/mol. The largest absolute Gasteiger partial charge is 0.489 e. The number of anilines is 1. The minimum Gasteiger partial charge on any atom is -0.489 e. The maximum atomic E-state index is 13.0. The molecule has 0 fully saturated rings. The number of amides is 1. The zero-order valence-corrected chi connectivity index (χ0v) is 20.7. The Hall–Kier alpha value is -4.62. The number of benzene rings is 4. The van der Waals surface area contributed by atoms with Crippen LogP contribution in [-0.2, 0) is 17.8 Å². The predicted octanol–water partition coefficient (Wildman–Crippen LogP) is 7.35. The van der Waals surface area contributed by atoms with Crippen molar-refractivity contribution in [1.29, 1.82) is 0 Å². The van der Waals surface area contributed by atoms with Crippen molar-refractivity contribution < 1.29 is 28.2 Å². The van der Waals surface area contributed by atoms with Crippen LogP contribution in [0.15, 0.2) is 95.4 Å². The highest BCUT2D eigenvalue weighted by atomic mass is 35.5. The van der Waals surface area contributed by atoms with E-state index in [4.69, 9.17) is 20.8 Å². The molecule has 190 valence electrons. The topological polar surface area (TPSA) is 88.8 Å². The maximum absolute atomic E-state index is 13.0. The van der Waals surface area contributed by atoms with Crippen LogP contribution in [-0.4, -0.2) is 17.0 Å². The van der Waals surface area contributed by atoms with Crippen LogP contribution in [0.3, 0.4) is 0 Å². The smallest absolute Gasteiger partial charge is 0.374 e. The number of carbonyl (C=O) groups excluding carboxylic acids is 1. The van der Waals surface area contributed by atoms with Gasteiger partial charge in [-0.15, -0.1) is 0 Å². The highest BCUT2D eigenvalue weighted by Crippen LogP contribution is 2.34. The van der Waals surface area contributed by atoms with Gasteiger partial charge in [-0.1, -0.05) is 54.1 Å². The normalized spacial score (nSPS) is 10.9. The summed E-state index contributed by atoms with van der Waals surface area (Å²) in [5.41, 5.74) is 3.70. The van der Waals surface area contributed by atoms with Crippen LogP contribution in [0.25, 0.3) is 22.1 Å². The SMILES string of the molecule is O=C(Cc1ccc(OCc2ccc(F)cc2)cc1)Nc1c(C(=O)O)oc2cc(-c3ccc(Cl)cc3)ccc12. The number of halogens is 2. The Labute approximate surface area is 222 Å². The summed E-state index contributed by atoms with van der Waals surface area (Å²) < 4.78 is 24.3. The second-order valence-electron chi connectivity index (χ2n) is 8.61. The molecule has 2 N–H and O–H groups in total. The van der Waals surface area contributed by atoms with Crippen LogP contribution in [0.5, 0.6) is 5.75 Å². The molecule has 1 heterocycles. The molecule has 0 atom stereocenters. The van der Waals surface area contributed by atoms with Crippen LogP contribution >= 0.6 is 11.6 Å². The number of carboxylic acid groups (broad SMARTS) is 1. The number of furan rings is 1. The lowest BCUT2D eigenvalue weighted by Gasteiger charge is -2.08. The summed E-state index contributed by atoms with van der Waals surface area (Å²) in [5, 5.41) is 13.5. The van der Waals surface area contributed by atoms with Gasteiger partial charge in [0.25, 0.3) is 0 Å². The van der Waals surface area contributed by atoms with Crippen LogP contribution in [0.4, 0.5) is 10.1 Å². The number of carbonyl (C=O) groups is 2. The Balaban J connectivity index is 1.28. The maximum Gasteiger partial charge on any atom is 0.374 e. The van der Waals surface area contributed by atoms with Crippen molar-refractivity contribution >= 4 is 40.1 Å². The number of hydrogen-bond donors (Lipinski definition) is 2. The first-order chi connectivity index (χ1) is 18.4. The minimum atomic E-state index is -1.29. The summed E-state index contributed by atoms with van der Waals surface area (Å²) in [5.74, 6) is -1.72. The molecule has 6 nitrogen and oxygen atoms in total. The minimum absolute atomic E-state index is 0.0207. The molecule has 0 bridgehead atoms. The van der Waals surface area contributed by atoms with Crippen LogP contribution in [0, 0.1) is 5.82 Å². The van der Waals surface area contributed by atoms with E-state index in [-0.39, 0.29) is 30.3 Å². The summed E-state index contributed by atoms with van der Waals surface area (Å²) in [4.78, 5) is 24.7. The summed E-state index contributed by atoms with van der Waals surface area (Å²) in [6, 6.07) is 25.5. The molecule has 4 aromatic carbocycles. The number of hydrogen-bond acceptors (Lipinski definition) is 4. The molecule has 5 rings (SSSR count). The molecule has 8 heteroatoms. The van der Waals surface area contributed by atoms with E-state index in [1.807, 2.05) is 18.2 Å². The summed E-state index contributed by atoms with van der Waals surface area (Å²) in [6.07, 6.45) is 0.0207. The monoisotopic (exact) mass is 529 g/mol. The lowest BCUT2D eigenvalue weighted by Crippen LogP contribution is -2.16. The third-order valence-corrected chi connectivity index (χ3v) is 6.19. The molecule has 0 unspecified atom stereocenters. The Bertz CT molecular complexity index is 1610. The molecule has 1 aromatic heterocycles. The van der Waals surface area contributed by atoms with E-state index in [1.54, 1.807) is 60.7 Å². The van der Waals surface area contributed by atoms with Crippen molar-refractivity contribution in [2.75, 3.05) is 5.32 Å². The van der Waals surface area contributed by atoms with E-state index < -0.39 is 11.9 Å². The van der Waals surface area contributed by atoms with E-state index >= 15 is 0 Å². The molecule has 0 spiro atoms. The molecule has 1 amide bonds. The first-order valence-electron chi connectivity index (χ1n) is 11.7. The van der Waals surface area contributed by atoms with Crippen LogP contribution < -0.4 is 10.1 Å². The van der Waals surface area contributed by atoms with E-state index in [0.29, 0.717) is 27.3 Å². The van der Waals surface area contributed by atoms with Crippen LogP contribution in [0.2, 0.25) is 5.02 Å². The fraction of sp³-hybridized carbons (Fsp3) is 0.0667. The second-order valence-corrected chi connectivity index (χ2v) is 9.05. The number of nitrogens with one attached hydrogen (secondary N) is 1. The second kappa shape index (κ2) is 10.8. The Kier molecular flexibility index (Phi) is 7.11. The van der Waals surface area contributed by atoms with Gasteiger partial charge in [0.1, 0.15) is 29.4 Å². The van der Waals surface area contributed by atoms with Crippen molar-refractivity contribution in [2.24, 2.45) is 0 Å². The van der Waals surface area contributed by atoms with Gasteiger partial charge >= 0.3 is 5.97 Å². The van der Waals surface area contributed by atoms with Gasteiger partial charge in [-0.3, -0.25) is 4.79 Å². The van der Waals surface area contributed by atoms with Crippen molar-refractivity contribution in [3.63, 3.8) is 0 Å². The fourth-order valence-corrected chi connectivity index (χ4v) is 4.14. The zero-order chi connectivity index (χ0) is 26.6. The van der Waals surface area contributed by atoms with Gasteiger partial charge in [-0.2, -0.15) is 0 Å². The summed E-state index contributed by atoms with van der Waals surface area (Å²) in [7, 11) is 0. The standard InChI is InChI=1S/C30H21ClFNO5/c31-22-8-5-20(6-9-22)21-7-14-25-26(16-21)38-29(30(35)36)28(25)33-27(34)15-18-3-12-24(13-4-18)37-17-19-1-10-23(32)11-2-19/h1-14,16H,15,17H2,(H,33,34)(H,35,36). The van der Waals surface area contributed by atoms with Gasteiger partial charge in [0, 0.05) is 10.4 Å². The Morgan fingerprint density at radius 2 is 1.53 bits per heavy atom. The number of aromatic carboxylic acids is 1. The summed E-state index contributed by atoms with van der Waals surface area (Å²) >= 11 is 5.97. The first-order valence-corrected chi connectivity index (χ1v) is 12.1. The molecule has 0 saturated heterocycles. The van der Waals surface area contributed by atoms with Gasteiger partial charge in [0.05, 0.1) is 6.42 Å². The number of ether oxygens (including phenoxy) is 1. The van der Waals surface area contributed by atoms with Gasteiger partial charge in [0.2, 0.25) is 11.7 Å². The van der Waals surface area contributed by atoms with Crippen molar-refractivity contribution in [3.05, 3.63) is 119 Å². The fourth-order valence-electron chi connectivity index (χ4n) is 4.01. The zero-order valence-electron chi connectivity index (χ0n) is 19.9. The van der Waals surface area contributed by atoms with Crippen molar-refractivity contribution in [3.8, 4) is 16.9 Å². The Morgan fingerprint density at radius 3 is 2.21 bits per heavy atom. The van der Waals surface area contributed by atoms with E-state index in [1.165, 1.54) is 12.1 Å². The van der Waals surface area contributed by atoms with E-state index in [2.05, 4.69) is 5.32 Å². The van der Waals surface area contributed by atoms with Crippen molar-refractivity contribution in [2.45, 2.75) is 13.0 Å². The average Bonchev–Trinajstić information content (AvgIpc) is 3.27. The molecule has 0 aliphatic heterocycles. The van der Waals surface area contributed by atoms with Gasteiger partial charge in [0.15, 0.2) is 0 Å². The molecular formula is C30H21ClFNO5.